The summed E-state index contributed by atoms with van der Waals surface area (Å²) in [6.07, 6.45) is 5.44. The number of hydrogen-bond acceptors (Lipinski definition) is 3. The first-order valence-electron chi connectivity index (χ1n) is 13.7. The number of benzene rings is 2. The van der Waals surface area contributed by atoms with Gasteiger partial charge in [-0.2, -0.15) is 0 Å². The van der Waals surface area contributed by atoms with Crippen molar-refractivity contribution >= 4 is 16.6 Å². The summed E-state index contributed by atoms with van der Waals surface area (Å²) in [6.45, 7) is 6.89. The fourth-order valence-electron chi connectivity index (χ4n) is 7.73. The molecule has 3 aromatic rings. The van der Waals surface area contributed by atoms with Crippen LogP contribution in [-0.2, 0) is 6.42 Å². The van der Waals surface area contributed by atoms with Crippen molar-refractivity contribution in [1.82, 2.24) is 14.8 Å². The fourth-order valence-corrected chi connectivity index (χ4v) is 7.73. The van der Waals surface area contributed by atoms with Gasteiger partial charge in [0.15, 0.2) is 0 Å². The van der Waals surface area contributed by atoms with E-state index in [1.807, 2.05) is 0 Å². The molecule has 4 atom stereocenters. The summed E-state index contributed by atoms with van der Waals surface area (Å²) in [5, 5.41) is 4.87. The number of nitrogens with one attached hydrogen (secondary N) is 2. The van der Waals surface area contributed by atoms with Gasteiger partial charge < -0.3 is 10.3 Å². The molecule has 2 bridgehead atoms. The summed E-state index contributed by atoms with van der Waals surface area (Å²) in [6, 6.07) is 18.3. The zero-order valence-corrected chi connectivity index (χ0v) is 20.9. The lowest BCUT2D eigenvalue weighted by Gasteiger charge is -2.70. The van der Waals surface area contributed by atoms with Crippen molar-refractivity contribution in [3.8, 4) is 0 Å². The maximum atomic E-state index is 14.6. The van der Waals surface area contributed by atoms with Crippen LogP contribution in [0.1, 0.15) is 62.4 Å². The number of hydrogen-bond donors (Lipinski definition) is 2. The van der Waals surface area contributed by atoms with Crippen molar-refractivity contribution < 1.29 is 4.39 Å². The van der Waals surface area contributed by atoms with Crippen molar-refractivity contribution in [1.29, 1.82) is 0 Å². The summed E-state index contributed by atoms with van der Waals surface area (Å²) in [5.41, 5.74) is 6.87. The summed E-state index contributed by atoms with van der Waals surface area (Å²) in [4.78, 5) is 8.92. The predicted octanol–water partition coefficient (Wildman–Crippen LogP) is 5.90. The number of likely N-dealkylation sites (tertiary alicyclic amines) is 1. The van der Waals surface area contributed by atoms with E-state index in [2.05, 4.69) is 82.5 Å². The van der Waals surface area contributed by atoms with Crippen LogP contribution < -0.4 is 5.32 Å². The number of aromatic nitrogens is 1. The fraction of sp³-hybridized carbons (Fsp3) is 0.533. The van der Waals surface area contributed by atoms with Gasteiger partial charge in [0.25, 0.3) is 0 Å². The van der Waals surface area contributed by atoms with Gasteiger partial charge in [-0.15, -0.1) is 0 Å². The van der Waals surface area contributed by atoms with E-state index in [1.165, 1.54) is 47.0 Å². The van der Waals surface area contributed by atoms with E-state index >= 15 is 0 Å². The normalized spacial score (nSPS) is 34.4. The number of anilines is 1. The van der Waals surface area contributed by atoms with Crippen molar-refractivity contribution in [2.45, 2.75) is 75.8 Å². The number of alkyl halides is 1. The molecular formula is C30H37FN4. The largest absolute Gasteiger partial charge is 0.378 e. The van der Waals surface area contributed by atoms with Crippen LogP contribution in [0.15, 0.2) is 48.5 Å². The Morgan fingerprint density at radius 2 is 1.83 bits per heavy atom. The van der Waals surface area contributed by atoms with Gasteiger partial charge in [0.05, 0.1) is 12.1 Å². The second kappa shape index (κ2) is 8.07. The summed E-state index contributed by atoms with van der Waals surface area (Å²) in [5.74, 6) is 0.950. The Hall–Kier alpha value is -2.37. The van der Waals surface area contributed by atoms with Gasteiger partial charge in [0, 0.05) is 47.0 Å². The summed E-state index contributed by atoms with van der Waals surface area (Å²) in [7, 11) is 0. The molecule has 1 aromatic heterocycles. The lowest BCUT2D eigenvalue weighted by atomic mass is 9.48. The first-order valence-corrected chi connectivity index (χ1v) is 13.7. The minimum Gasteiger partial charge on any atom is -0.378 e. The zero-order valence-electron chi connectivity index (χ0n) is 20.9. The molecule has 3 saturated carbocycles. The molecule has 8 rings (SSSR count). The Balaban J connectivity index is 1.21. The van der Waals surface area contributed by atoms with Gasteiger partial charge in [-0.25, -0.2) is 4.39 Å². The molecule has 5 heteroatoms. The van der Waals surface area contributed by atoms with E-state index in [0.717, 1.165) is 37.5 Å². The quantitative estimate of drug-likeness (QED) is 0.469. The average Bonchev–Trinajstić information content (AvgIpc) is 3.33. The topological polar surface area (TPSA) is 34.3 Å². The van der Waals surface area contributed by atoms with E-state index in [1.54, 1.807) is 0 Å². The summed E-state index contributed by atoms with van der Waals surface area (Å²) < 4.78 is 14.6. The van der Waals surface area contributed by atoms with Gasteiger partial charge in [0.2, 0.25) is 0 Å². The molecular weight excluding hydrogens is 435 g/mol. The van der Waals surface area contributed by atoms with E-state index in [4.69, 9.17) is 0 Å². The molecule has 0 spiro atoms. The Morgan fingerprint density at radius 1 is 1.06 bits per heavy atom. The molecule has 0 amide bonds. The lowest BCUT2D eigenvalue weighted by Crippen LogP contribution is -2.71. The third kappa shape index (κ3) is 3.38. The highest BCUT2D eigenvalue weighted by Gasteiger charge is 2.63. The van der Waals surface area contributed by atoms with Gasteiger partial charge in [0.1, 0.15) is 6.17 Å². The smallest absolute Gasteiger partial charge is 0.134 e. The van der Waals surface area contributed by atoms with Gasteiger partial charge in [-0.1, -0.05) is 37.3 Å². The van der Waals surface area contributed by atoms with Crippen LogP contribution in [0, 0.1) is 5.92 Å². The third-order valence-electron chi connectivity index (χ3n) is 9.37. The lowest BCUT2D eigenvalue weighted by molar-refractivity contribution is -0.174. The monoisotopic (exact) mass is 472 g/mol. The van der Waals surface area contributed by atoms with E-state index in [9.17, 15) is 4.39 Å². The maximum absolute atomic E-state index is 14.6. The van der Waals surface area contributed by atoms with Crippen LogP contribution in [0.5, 0.6) is 0 Å². The molecule has 2 aromatic carbocycles. The van der Waals surface area contributed by atoms with Crippen LogP contribution in [0.3, 0.4) is 0 Å². The molecule has 3 heterocycles. The van der Waals surface area contributed by atoms with E-state index < -0.39 is 6.17 Å². The molecule has 5 aliphatic rings. The molecule has 2 aliphatic heterocycles. The van der Waals surface area contributed by atoms with Crippen molar-refractivity contribution in [2.75, 3.05) is 25.0 Å². The number of nitrogens with zero attached hydrogens (tertiary/aromatic N) is 2. The van der Waals surface area contributed by atoms with Crippen LogP contribution in [-0.4, -0.2) is 58.2 Å². The SMILES string of the molecule is CCCN1C[C@H](F)[C@H](Nc2ccc([C@@H]3c4[nH]c5ccccc5c4C[C@@H](C)N3C34CC(C3)C4)cc2)C1. The van der Waals surface area contributed by atoms with E-state index in [-0.39, 0.29) is 12.1 Å². The highest BCUT2D eigenvalue weighted by molar-refractivity contribution is 5.85. The van der Waals surface area contributed by atoms with Gasteiger partial charge in [-0.3, -0.25) is 9.80 Å². The van der Waals surface area contributed by atoms with Crippen molar-refractivity contribution in [3.63, 3.8) is 0 Å². The molecule has 35 heavy (non-hydrogen) atoms. The molecule has 0 unspecified atom stereocenters. The van der Waals surface area contributed by atoms with Gasteiger partial charge in [-0.05, 0) is 80.8 Å². The van der Waals surface area contributed by atoms with E-state index in [0.29, 0.717) is 18.1 Å². The van der Waals surface area contributed by atoms with Crippen LogP contribution in [0.2, 0.25) is 0 Å². The zero-order chi connectivity index (χ0) is 23.7. The Morgan fingerprint density at radius 3 is 2.54 bits per heavy atom. The molecule has 0 radical (unpaired) electrons. The second-order valence-electron chi connectivity index (χ2n) is 11.8. The number of fused-ring (bicyclic) bond motifs is 3. The van der Waals surface area contributed by atoms with Crippen LogP contribution in [0.25, 0.3) is 10.9 Å². The molecule has 4 fully saturated rings. The first kappa shape index (κ1) is 21.9. The molecule has 2 N–H and O–H groups in total. The number of halogens is 1. The second-order valence-corrected chi connectivity index (χ2v) is 11.8. The minimum atomic E-state index is -0.811. The maximum Gasteiger partial charge on any atom is 0.134 e. The molecule has 1 saturated heterocycles. The standard InChI is InChI=1S/C30H37FN4/c1-3-12-34-17-25(31)27(18-34)32-22-10-8-21(9-11-22)29-28-24(23-6-4-5-7-26(23)33-28)13-19(2)35(29)30-14-20(15-30)16-30/h4-11,19-20,25,27,29,32-33H,3,12-18H2,1-2H3/t19-,20?,25+,27-,29-,30?/m1/s1. The highest BCUT2D eigenvalue weighted by atomic mass is 19.1. The number of aromatic amines is 1. The third-order valence-corrected chi connectivity index (χ3v) is 9.37. The number of rotatable bonds is 6. The Bertz CT molecular complexity index is 1220. The first-order chi connectivity index (χ1) is 17.0. The minimum absolute atomic E-state index is 0.125. The number of para-hydroxylation sites is 1. The number of H-pyrrole nitrogens is 1. The Labute approximate surface area is 207 Å². The molecule has 3 aliphatic carbocycles. The van der Waals surface area contributed by atoms with Gasteiger partial charge >= 0.3 is 0 Å². The highest BCUT2D eigenvalue weighted by Crippen LogP contribution is 2.64. The Kier molecular flexibility index (Phi) is 5.05. The van der Waals surface area contributed by atoms with Crippen LogP contribution >= 0.6 is 0 Å². The molecule has 184 valence electrons. The molecule has 4 nitrogen and oxygen atoms in total. The average molecular weight is 473 g/mol. The predicted molar refractivity (Wildman–Crippen MR) is 141 cm³/mol. The summed E-state index contributed by atoms with van der Waals surface area (Å²) >= 11 is 0. The van der Waals surface area contributed by atoms with Crippen molar-refractivity contribution in [3.05, 3.63) is 65.4 Å². The van der Waals surface area contributed by atoms with Crippen LogP contribution in [0.4, 0.5) is 10.1 Å². The van der Waals surface area contributed by atoms with Crippen molar-refractivity contribution in [2.24, 2.45) is 5.92 Å².